The SMILES string of the molecule is [CH2]C(=O)[C@H]1CC[C@H]2[C@@H]3CCC4=CC(=O)CC(O)(O)[C@]4(C)[C@H]3CC[C@]12C. The minimum atomic E-state index is -1.97. The topological polar surface area (TPSA) is 74.6 Å². The predicted octanol–water partition coefficient (Wildman–Crippen LogP) is 2.83. The molecule has 137 valence electrons. The summed E-state index contributed by atoms with van der Waals surface area (Å²) in [6, 6.07) is 0. The van der Waals surface area contributed by atoms with Gasteiger partial charge in [0.15, 0.2) is 11.6 Å². The number of carbonyl (C=O) groups is 2. The number of aliphatic hydroxyl groups is 2. The quantitative estimate of drug-likeness (QED) is 0.717. The molecule has 3 fully saturated rings. The Balaban J connectivity index is 1.73. The van der Waals surface area contributed by atoms with E-state index in [1.807, 2.05) is 6.92 Å². The molecule has 0 bridgehead atoms. The highest BCUT2D eigenvalue weighted by molar-refractivity contribution is 5.92. The van der Waals surface area contributed by atoms with Crippen LogP contribution in [0, 0.1) is 41.4 Å². The highest BCUT2D eigenvalue weighted by Gasteiger charge is 2.65. The van der Waals surface area contributed by atoms with Crippen LogP contribution in [0.15, 0.2) is 11.6 Å². The van der Waals surface area contributed by atoms with E-state index in [-0.39, 0.29) is 35.2 Å². The van der Waals surface area contributed by atoms with E-state index in [1.165, 1.54) is 0 Å². The first kappa shape index (κ1) is 17.4. The molecular formula is C21H29O4. The first-order valence-electron chi connectivity index (χ1n) is 9.65. The van der Waals surface area contributed by atoms with Gasteiger partial charge in [-0.3, -0.25) is 9.59 Å². The van der Waals surface area contributed by atoms with E-state index in [2.05, 4.69) is 13.8 Å². The molecule has 0 aromatic carbocycles. The van der Waals surface area contributed by atoms with Gasteiger partial charge in [-0.15, -0.1) is 0 Å². The molecule has 0 heterocycles. The second kappa shape index (κ2) is 5.26. The number of ketones is 2. The summed E-state index contributed by atoms with van der Waals surface area (Å²) in [6.45, 7) is 7.90. The lowest BCUT2D eigenvalue weighted by molar-refractivity contribution is -0.263. The molecule has 4 heteroatoms. The molecule has 4 aliphatic rings. The maximum Gasteiger partial charge on any atom is 0.179 e. The fourth-order valence-electron chi connectivity index (χ4n) is 7.20. The van der Waals surface area contributed by atoms with Crippen LogP contribution in [-0.2, 0) is 9.59 Å². The van der Waals surface area contributed by atoms with Gasteiger partial charge >= 0.3 is 0 Å². The van der Waals surface area contributed by atoms with E-state index in [4.69, 9.17) is 0 Å². The van der Waals surface area contributed by atoms with Crippen molar-refractivity contribution in [3.63, 3.8) is 0 Å². The van der Waals surface area contributed by atoms with E-state index in [1.54, 1.807) is 6.08 Å². The van der Waals surface area contributed by atoms with Crippen molar-refractivity contribution in [1.82, 2.24) is 0 Å². The standard InChI is InChI=1S/C21H29O4/c1-12(22)16-6-7-17-15-5-4-13-10-14(23)11-21(24,25)20(13,3)18(15)8-9-19(16,17)2/h10,15-18,24-25H,1,4-9,11H2,2-3H3/t15-,16+,17-,18-,19+,20-/m0/s1. The molecule has 0 aromatic rings. The first-order valence-corrected chi connectivity index (χ1v) is 9.65. The average Bonchev–Trinajstić information content (AvgIpc) is 2.85. The molecule has 0 amide bonds. The summed E-state index contributed by atoms with van der Waals surface area (Å²) >= 11 is 0. The minimum Gasteiger partial charge on any atom is -0.365 e. The van der Waals surface area contributed by atoms with E-state index in [0.29, 0.717) is 11.8 Å². The molecule has 0 spiro atoms. The summed E-state index contributed by atoms with van der Waals surface area (Å²) in [4.78, 5) is 24.0. The van der Waals surface area contributed by atoms with Crippen molar-refractivity contribution in [2.75, 3.05) is 0 Å². The fraction of sp³-hybridized carbons (Fsp3) is 0.762. The molecule has 0 unspecified atom stereocenters. The summed E-state index contributed by atoms with van der Waals surface area (Å²) in [7, 11) is 0. The lowest BCUT2D eigenvalue weighted by Gasteiger charge is -2.60. The Morgan fingerprint density at radius 3 is 2.56 bits per heavy atom. The van der Waals surface area contributed by atoms with Crippen molar-refractivity contribution in [3.8, 4) is 0 Å². The summed E-state index contributed by atoms with van der Waals surface area (Å²) in [5.41, 5.74) is 0.161. The van der Waals surface area contributed by atoms with Crippen molar-refractivity contribution in [2.24, 2.45) is 34.5 Å². The fourth-order valence-corrected chi connectivity index (χ4v) is 7.20. The number of carbonyl (C=O) groups excluding carboxylic acids is 2. The maximum atomic E-state index is 12.1. The third-order valence-electron chi connectivity index (χ3n) is 8.57. The van der Waals surface area contributed by atoms with Gasteiger partial charge in [-0.05, 0) is 67.8 Å². The van der Waals surface area contributed by atoms with Crippen molar-refractivity contribution in [3.05, 3.63) is 18.6 Å². The molecular weight excluding hydrogens is 316 g/mol. The van der Waals surface area contributed by atoms with Crippen LogP contribution in [-0.4, -0.2) is 27.6 Å². The second-order valence-corrected chi connectivity index (χ2v) is 9.39. The van der Waals surface area contributed by atoms with Crippen LogP contribution >= 0.6 is 0 Å². The van der Waals surface area contributed by atoms with Crippen LogP contribution in [0.5, 0.6) is 0 Å². The maximum absolute atomic E-state index is 12.1. The van der Waals surface area contributed by atoms with Crippen LogP contribution < -0.4 is 0 Å². The Morgan fingerprint density at radius 2 is 1.88 bits per heavy atom. The van der Waals surface area contributed by atoms with E-state index in [9.17, 15) is 19.8 Å². The zero-order valence-corrected chi connectivity index (χ0v) is 15.3. The summed E-state index contributed by atoms with van der Waals surface area (Å²) < 4.78 is 0. The Hall–Kier alpha value is -1.00. The van der Waals surface area contributed by atoms with Gasteiger partial charge in [-0.1, -0.05) is 19.4 Å². The molecule has 0 aromatic heterocycles. The predicted molar refractivity (Wildman–Crippen MR) is 93.1 cm³/mol. The smallest absolute Gasteiger partial charge is 0.179 e. The highest BCUT2D eigenvalue weighted by Crippen LogP contribution is 2.67. The zero-order chi connectivity index (χ0) is 18.2. The van der Waals surface area contributed by atoms with Crippen molar-refractivity contribution < 1.29 is 19.8 Å². The van der Waals surface area contributed by atoms with Crippen LogP contribution in [0.4, 0.5) is 0 Å². The molecule has 25 heavy (non-hydrogen) atoms. The second-order valence-electron chi connectivity index (χ2n) is 9.39. The Labute approximate surface area is 149 Å². The Bertz CT molecular complexity index is 663. The van der Waals surface area contributed by atoms with E-state index < -0.39 is 11.2 Å². The number of Topliss-reactive ketones (excluding diaryl/α,β-unsaturated/α-hetero) is 1. The van der Waals surface area contributed by atoms with Crippen LogP contribution in [0.2, 0.25) is 0 Å². The van der Waals surface area contributed by atoms with Crippen LogP contribution in [0.3, 0.4) is 0 Å². The largest absolute Gasteiger partial charge is 0.365 e. The van der Waals surface area contributed by atoms with Crippen LogP contribution in [0.25, 0.3) is 0 Å². The van der Waals surface area contributed by atoms with Crippen LogP contribution in [0.1, 0.15) is 58.8 Å². The minimum absolute atomic E-state index is 0.00433. The average molecular weight is 345 g/mol. The number of hydrogen-bond acceptors (Lipinski definition) is 4. The van der Waals surface area contributed by atoms with Gasteiger partial charge in [0.05, 0.1) is 6.42 Å². The number of fused-ring (bicyclic) bond motifs is 5. The van der Waals surface area contributed by atoms with Gasteiger partial charge in [-0.2, -0.15) is 0 Å². The van der Waals surface area contributed by atoms with Gasteiger partial charge in [0.1, 0.15) is 5.78 Å². The lowest BCUT2D eigenvalue weighted by Crippen LogP contribution is -2.61. The lowest BCUT2D eigenvalue weighted by atomic mass is 9.45. The van der Waals surface area contributed by atoms with Crippen molar-refractivity contribution in [1.29, 1.82) is 0 Å². The number of hydrogen-bond donors (Lipinski definition) is 2. The molecule has 1 radical (unpaired) electrons. The van der Waals surface area contributed by atoms with Crippen molar-refractivity contribution in [2.45, 2.75) is 64.6 Å². The molecule has 6 atom stereocenters. The highest BCUT2D eigenvalue weighted by atomic mass is 16.5. The zero-order valence-electron chi connectivity index (χ0n) is 15.3. The molecule has 3 saturated carbocycles. The molecule has 2 N–H and O–H groups in total. The van der Waals surface area contributed by atoms with E-state index in [0.717, 1.165) is 44.1 Å². The van der Waals surface area contributed by atoms with Gasteiger partial charge in [-0.25, -0.2) is 0 Å². The molecule has 4 aliphatic carbocycles. The van der Waals surface area contributed by atoms with Gasteiger partial charge < -0.3 is 10.2 Å². The summed E-state index contributed by atoms with van der Waals surface area (Å²) in [5.74, 6) is -1.05. The third-order valence-corrected chi connectivity index (χ3v) is 8.57. The normalized spacial score (nSPS) is 48.2. The summed E-state index contributed by atoms with van der Waals surface area (Å²) in [5, 5.41) is 21.6. The molecule has 0 aliphatic heterocycles. The Kier molecular flexibility index (Phi) is 3.66. The summed E-state index contributed by atoms with van der Waals surface area (Å²) in [6.07, 6.45) is 6.94. The van der Waals surface area contributed by atoms with Crippen molar-refractivity contribution >= 4 is 11.6 Å². The molecule has 4 nitrogen and oxygen atoms in total. The number of rotatable bonds is 1. The van der Waals surface area contributed by atoms with E-state index >= 15 is 0 Å². The first-order chi connectivity index (χ1) is 11.6. The third kappa shape index (κ3) is 2.13. The monoisotopic (exact) mass is 345 g/mol. The molecule has 4 rings (SSSR count). The Morgan fingerprint density at radius 1 is 1.16 bits per heavy atom. The van der Waals surface area contributed by atoms with Gasteiger partial charge in [0.2, 0.25) is 0 Å². The molecule has 0 saturated heterocycles. The van der Waals surface area contributed by atoms with Gasteiger partial charge in [0.25, 0.3) is 0 Å². The van der Waals surface area contributed by atoms with Gasteiger partial charge in [0, 0.05) is 18.3 Å².